The van der Waals surface area contributed by atoms with Crippen molar-refractivity contribution in [2.75, 3.05) is 11.9 Å². The lowest BCUT2D eigenvalue weighted by Gasteiger charge is -2.28. The van der Waals surface area contributed by atoms with Gasteiger partial charge in [-0.1, -0.05) is 24.8 Å². The predicted octanol–water partition coefficient (Wildman–Crippen LogP) is 1.53. The minimum absolute atomic E-state index is 0.0303. The molecule has 10 heteroatoms. The maximum Gasteiger partial charge on any atom is 0.337 e. The van der Waals surface area contributed by atoms with Crippen molar-refractivity contribution in [1.29, 1.82) is 0 Å². The summed E-state index contributed by atoms with van der Waals surface area (Å²) in [5.74, 6) is -1.42. The Labute approximate surface area is 157 Å². The molecule has 1 atom stereocenters. The number of benzene rings is 1. The van der Waals surface area contributed by atoms with E-state index in [2.05, 4.69) is 21.9 Å². The lowest BCUT2D eigenvalue weighted by molar-refractivity contribution is -0.384. The number of nitro groups is 1. The van der Waals surface area contributed by atoms with E-state index in [1.165, 1.54) is 30.3 Å². The van der Waals surface area contributed by atoms with E-state index in [9.17, 15) is 24.5 Å². The van der Waals surface area contributed by atoms with E-state index in [1.54, 1.807) is 6.92 Å². The molecule has 1 aromatic heterocycles. The van der Waals surface area contributed by atoms with Crippen LogP contribution < -0.4 is 16.6 Å². The van der Waals surface area contributed by atoms with Gasteiger partial charge in [0, 0.05) is 17.8 Å². The monoisotopic (exact) mass is 384 g/mol. The molecule has 1 aromatic carbocycles. The summed E-state index contributed by atoms with van der Waals surface area (Å²) in [5.41, 5.74) is -0.433. The number of esters is 1. The van der Waals surface area contributed by atoms with Crippen LogP contribution in [0.1, 0.15) is 24.0 Å². The Morgan fingerprint density at radius 1 is 1.29 bits per heavy atom. The summed E-state index contributed by atoms with van der Waals surface area (Å²) in [6, 6.07) is 5.46. The molecule has 1 aliphatic heterocycles. The maximum atomic E-state index is 12.7. The minimum atomic E-state index is -0.894. The second-order valence-corrected chi connectivity index (χ2v) is 6.03. The van der Waals surface area contributed by atoms with E-state index in [4.69, 9.17) is 4.74 Å². The summed E-state index contributed by atoms with van der Waals surface area (Å²) >= 11 is 0. The Bertz CT molecular complexity index is 1110. The molecule has 0 aliphatic carbocycles. The summed E-state index contributed by atoms with van der Waals surface area (Å²) in [4.78, 5) is 51.8. The van der Waals surface area contributed by atoms with Gasteiger partial charge in [-0.2, -0.15) is 0 Å². The highest BCUT2D eigenvalue weighted by molar-refractivity contribution is 5.94. The first-order valence-electron chi connectivity index (χ1n) is 8.20. The van der Waals surface area contributed by atoms with Crippen LogP contribution in [-0.4, -0.2) is 27.5 Å². The van der Waals surface area contributed by atoms with Crippen molar-refractivity contribution in [3.8, 4) is 0 Å². The number of nitrogens with one attached hydrogen (secondary N) is 3. The molecule has 0 spiro atoms. The van der Waals surface area contributed by atoms with E-state index in [0.29, 0.717) is 11.3 Å². The first-order valence-corrected chi connectivity index (χ1v) is 8.20. The number of aromatic amines is 2. The number of anilines is 1. The molecular formula is C18H16N4O6. The van der Waals surface area contributed by atoms with Crippen LogP contribution in [0.2, 0.25) is 0 Å². The zero-order chi connectivity index (χ0) is 20.4. The Morgan fingerprint density at radius 2 is 1.96 bits per heavy atom. The standard InChI is InChI=1S/C18H16N4O6/c1-3-8-28-17(24)12-9(2)19-15-14(16(23)21-18(25)20-15)13(12)10-4-6-11(7-5-10)22(26)27/h3-7,13H,1,8H2,2H3,(H3,19,20,21,23,25). The second kappa shape index (κ2) is 7.35. The number of nitrogens with zero attached hydrogens (tertiary/aromatic N) is 1. The summed E-state index contributed by atoms with van der Waals surface area (Å²) in [6.45, 7) is 5.06. The molecule has 0 amide bonds. The average Bonchev–Trinajstić information content (AvgIpc) is 2.64. The van der Waals surface area contributed by atoms with Gasteiger partial charge in [-0.3, -0.25) is 24.9 Å². The molecule has 2 heterocycles. The lowest BCUT2D eigenvalue weighted by atomic mass is 9.82. The molecule has 1 aliphatic rings. The van der Waals surface area contributed by atoms with Gasteiger partial charge in [0.1, 0.15) is 12.4 Å². The van der Waals surface area contributed by atoms with Gasteiger partial charge in [-0.15, -0.1) is 0 Å². The van der Waals surface area contributed by atoms with Crippen LogP contribution in [0.15, 0.2) is 57.8 Å². The summed E-state index contributed by atoms with van der Waals surface area (Å²) in [7, 11) is 0. The van der Waals surface area contributed by atoms with Crippen molar-refractivity contribution in [2.45, 2.75) is 12.8 Å². The first kappa shape index (κ1) is 18.8. The van der Waals surface area contributed by atoms with Crippen LogP contribution in [-0.2, 0) is 9.53 Å². The van der Waals surface area contributed by atoms with Crippen molar-refractivity contribution in [2.24, 2.45) is 0 Å². The van der Waals surface area contributed by atoms with Gasteiger partial charge < -0.3 is 10.1 Å². The number of non-ortho nitro benzene ring substituents is 1. The van der Waals surface area contributed by atoms with Crippen molar-refractivity contribution in [3.63, 3.8) is 0 Å². The SMILES string of the molecule is C=CCOC(=O)C1=C(C)Nc2[nH]c(=O)[nH]c(=O)c2C1c1ccc([N+](=O)[O-])cc1. The average molecular weight is 384 g/mol. The van der Waals surface area contributed by atoms with E-state index in [-0.39, 0.29) is 29.2 Å². The fourth-order valence-corrected chi connectivity index (χ4v) is 3.09. The molecule has 3 N–H and O–H groups in total. The number of carbonyl (C=O) groups is 1. The van der Waals surface area contributed by atoms with Gasteiger partial charge in [-0.25, -0.2) is 9.59 Å². The fraction of sp³-hybridized carbons (Fsp3) is 0.167. The molecule has 1 unspecified atom stereocenters. The van der Waals surface area contributed by atoms with Crippen LogP contribution in [0, 0.1) is 10.1 Å². The van der Waals surface area contributed by atoms with Gasteiger partial charge in [0.25, 0.3) is 11.2 Å². The van der Waals surface area contributed by atoms with Crippen LogP contribution in [0.4, 0.5) is 11.5 Å². The fourth-order valence-electron chi connectivity index (χ4n) is 3.09. The third kappa shape index (κ3) is 3.34. The molecule has 144 valence electrons. The molecule has 3 rings (SSSR count). The first-order chi connectivity index (χ1) is 13.3. The number of ether oxygens (including phenoxy) is 1. The zero-order valence-corrected chi connectivity index (χ0v) is 14.8. The van der Waals surface area contributed by atoms with Gasteiger partial charge in [0.05, 0.1) is 22.0 Å². The van der Waals surface area contributed by atoms with Crippen molar-refractivity contribution < 1.29 is 14.5 Å². The zero-order valence-electron chi connectivity index (χ0n) is 14.8. The van der Waals surface area contributed by atoms with Crippen LogP contribution in [0.25, 0.3) is 0 Å². The highest BCUT2D eigenvalue weighted by Crippen LogP contribution is 2.39. The number of hydrogen-bond donors (Lipinski definition) is 3. The Hall–Kier alpha value is -3.95. The molecular weight excluding hydrogens is 368 g/mol. The van der Waals surface area contributed by atoms with E-state index >= 15 is 0 Å². The molecule has 0 saturated carbocycles. The Balaban J connectivity index is 2.22. The normalized spacial score (nSPS) is 15.4. The smallest absolute Gasteiger partial charge is 0.337 e. The summed E-state index contributed by atoms with van der Waals surface area (Å²) in [5, 5.41) is 13.8. The molecule has 0 saturated heterocycles. The number of rotatable bonds is 5. The van der Waals surface area contributed by atoms with E-state index < -0.39 is 28.1 Å². The van der Waals surface area contributed by atoms with Crippen molar-refractivity contribution in [1.82, 2.24) is 9.97 Å². The van der Waals surface area contributed by atoms with Crippen LogP contribution in [0.5, 0.6) is 0 Å². The van der Waals surface area contributed by atoms with Crippen LogP contribution >= 0.6 is 0 Å². The number of allylic oxidation sites excluding steroid dienone is 1. The number of carbonyl (C=O) groups excluding carboxylic acids is 1. The topological polar surface area (TPSA) is 147 Å². The summed E-state index contributed by atoms with van der Waals surface area (Å²) < 4.78 is 5.15. The number of fused-ring (bicyclic) bond motifs is 1. The molecule has 2 aromatic rings. The summed E-state index contributed by atoms with van der Waals surface area (Å²) in [6.07, 6.45) is 1.41. The van der Waals surface area contributed by atoms with Gasteiger partial charge in [0.15, 0.2) is 0 Å². The number of aromatic nitrogens is 2. The molecule has 0 radical (unpaired) electrons. The third-order valence-electron chi connectivity index (χ3n) is 4.26. The maximum absolute atomic E-state index is 12.7. The number of nitro benzene ring substituents is 1. The number of hydrogen-bond acceptors (Lipinski definition) is 7. The van der Waals surface area contributed by atoms with Crippen molar-refractivity contribution >= 4 is 17.5 Å². The van der Waals surface area contributed by atoms with Crippen LogP contribution in [0.3, 0.4) is 0 Å². The molecule has 28 heavy (non-hydrogen) atoms. The second-order valence-electron chi connectivity index (χ2n) is 6.03. The van der Waals surface area contributed by atoms with Gasteiger partial charge in [0.2, 0.25) is 0 Å². The Kier molecular flexibility index (Phi) is 4.94. The van der Waals surface area contributed by atoms with Crippen molar-refractivity contribution in [3.05, 3.63) is 90.3 Å². The molecule has 10 nitrogen and oxygen atoms in total. The third-order valence-corrected chi connectivity index (χ3v) is 4.26. The van der Waals surface area contributed by atoms with E-state index in [0.717, 1.165) is 0 Å². The molecule has 0 fully saturated rings. The minimum Gasteiger partial charge on any atom is -0.458 e. The predicted molar refractivity (Wildman–Crippen MR) is 100 cm³/mol. The van der Waals surface area contributed by atoms with Gasteiger partial charge >= 0.3 is 11.7 Å². The van der Waals surface area contributed by atoms with E-state index in [1.807, 2.05) is 0 Å². The highest BCUT2D eigenvalue weighted by atomic mass is 16.6. The number of H-pyrrole nitrogens is 2. The largest absolute Gasteiger partial charge is 0.458 e. The lowest BCUT2D eigenvalue weighted by Crippen LogP contribution is -2.35. The highest BCUT2D eigenvalue weighted by Gasteiger charge is 2.36. The van der Waals surface area contributed by atoms with Gasteiger partial charge in [-0.05, 0) is 12.5 Å². The Morgan fingerprint density at radius 3 is 2.57 bits per heavy atom. The quantitative estimate of drug-likeness (QED) is 0.306. The molecule has 0 bridgehead atoms.